The Balaban J connectivity index is 1.41. The molecule has 0 aliphatic carbocycles. The van der Waals surface area contributed by atoms with Gasteiger partial charge in [0.15, 0.2) is 0 Å². The highest BCUT2D eigenvalue weighted by Gasteiger charge is 2.20. The molecule has 2 amide bonds. The van der Waals surface area contributed by atoms with E-state index in [1.165, 1.54) is 5.56 Å². The molecule has 0 atom stereocenters. The third-order valence-corrected chi connectivity index (χ3v) is 4.99. The number of rotatable bonds is 5. The molecule has 27 heavy (non-hydrogen) atoms. The van der Waals surface area contributed by atoms with Crippen molar-refractivity contribution in [2.24, 2.45) is 0 Å². The van der Waals surface area contributed by atoms with Crippen molar-refractivity contribution in [2.45, 2.75) is 31.8 Å². The van der Waals surface area contributed by atoms with Crippen LogP contribution in [0.15, 0.2) is 48.5 Å². The predicted molar refractivity (Wildman–Crippen MR) is 108 cm³/mol. The number of nitrogens with zero attached hydrogens (tertiary/aromatic N) is 2. The highest BCUT2D eigenvalue weighted by Crippen LogP contribution is 2.16. The van der Waals surface area contributed by atoms with Gasteiger partial charge in [-0.2, -0.15) is 5.26 Å². The standard InChI is InChI=1S/C21H23ClN4O/c22-18-5-1-17(2-6-18)15-26-13-10-20(11-14-26)25-21(27)24-19-7-3-16(4-8-19)9-12-23/h1-8,20H,9-11,13-15H2,(H2,24,25,27). The Hall–Kier alpha value is -2.55. The second kappa shape index (κ2) is 9.40. The van der Waals surface area contributed by atoms with Crippen LogP contribution in [0.25, 0.3) is 0 Å². The van der Waals surface area contributed by atoms with E-state index in [2.05, 4.69) is 33.7 Å². The fraction of sp³-hybridized carbons (Fsp3) is 0.333. The number of benzene rings is 2. The Bertz CT molecular complexity index is 790. The lowest BCUT2D eigenvalue weighted by atomic mass is 10.0. The van der Waals surface area contributed by atoms with Gasteiger partial charge in [0.25, 0.3) is 0 Å². The topological polar surface area (TPSA) is 68.2 Å². The highest BCUT2D eigenvalue weighted by molar-refractivity contribution is 6.30. The fourth-order valence-electron chi connectivity index (χ4n) is 3.23. The Morgan fingerprint density at radius 1 is 1.07 bits per heavy atom. The van der Waals surface area contributed by atoms with Crippen molar-refractivity contribution in [1.29, 1.82) is 5.26 Å². The normalized spacial score (nSPS) is 15.1. The number of carbonyl (C=O) groups excluding carboxylic acids is 1. The van der Waals surface area contributed by atoms with Gasteiger partial charge in [0.2, 0.25) is 0 Å². The zero-order valence-corrected chi connectivity index (χ0v) is 15.9. The van der Waals surface area contributed by atoms with E-state index in [0.29, 0.717) is 6.42 Å². The molecule has 1 aliphatic heterocycles. The average molecular weight is 383 g/mol. The molecule has 2 aromatic carbocycles. The van der Waals surface area contributed by atoms with Crippen LogP contribution in [0.1, 0.15) is 24.0 Å². The van der Waals surface area contributed by atoms with Gasteiger partial charge in [-0.25, -0.2) is 4.79 Å². The highest BCUT2D eigenvalue weighted by atomic mass is 35.5. The number of piperidine rings is 1. The van der Waals surface area contributed by atoms with Crippen molar-refractivity contribution in [3.05, 3.63) is 64.7 Å². The van der Waals surface area contributed by atoms with Gasteiger partial charge in [0.05, 0.1) is 12.5 Å². The zero-order chi connectivity index (χ0) is 19.1. The zero-order valence-electron chi connectivity index (χ0n) is 15.1. The quantitative estimate of drug-likeness (QED) is 0.814. The maximum atomic E-state index is 12.2. The molecule has 3 rings (SSSR count). The predicted octanol–water partition coefficient (Wildman–Crippen LogP) is 4.19. The van der Waals surface area contributed by atoms with Gasteiger partial charge < -0.3 is 10.6 Å². The Kier molecular flexibility index (Phi) is 6.69. The largest absolute Gasteiger partial charge is 0.335 e. The van der Waals surface area contributed by atoms with Crippen LogP contribution in [0.2, 0.25) is 5.02 Å². The van der Waals surface area contributed by atoms with Crippen LogP contribution in [-0.2, 0) is 13.0 Å². The van der Waals surface area contributed by atoms with Gasteiger partial charge in [0.1, 0.15) is 0 Å². The molecular weight excluding hydrogens is 360 g/mol. The number of likely N-dealkylation sites (tertiary alicyclic amines) is 1. The van der Waals surface area contributed by atoms with Gasteiger partial charge in [-0.3, -0.25) is 4.90 Å². The van der Waals surface area contributed by atoms with Gasteiger partial charge >= 0.3 is 6.03 Å². The molecule has 5 nitrogen and oxygen atoms in total. The number of amides is 2. The molecule has 2 N–H and O–H groups in total. The lowest BCUT2D eigenvalue weighted by Crippen LogP contribution is -2.45. The van der Waals surface area contributed by atoms with E-state index in [0.717, 1.165) is 48.7 Å². The summed E-state index contributed by atoms with van der Waals surface area (Å²) in [7, 11) is 0. The summed E-state index contributed by atoms with van der Waals surface area (Å²) in [5, 5.41) is 15.4. The summed E-state index contributed by atoms with van der Waals surface area (Å²) in [6, 6.07) is 17.4. The maximum Gasteiger partial charge on any atom is 0.319 e. The first kappa shape index (κ1) is 19.2. The average Bonchev–Trinajstić information content (AvgIpc) is 2.67. The lowest BCUT2D eigenvalue weighted by molar-refractivity contribution is 0.190. The van der Waals surface area contributed by atoms with Gasteiger partial charge in [0, 0.05) is 36.4 Å². The summed E-state index contributed by atoms with van der Waals surface area (Å²) in [6.45, 7) is 2.82. The molecule has 6 heteroatoms. The molecule has 1 saturated heterocycles. The number of hydrogen-bond acceptors (Lipinski definition) is 3. The minimum Gasteiger partial charge on any atom is -0.335 e. The molecule has 0 spiro atoms. The molecule has 140 valence electrons. The van der Waals surface area contributed by atoms with E-state index < -0.39 is 0 Å². The van der Waals surface area contributed by atoms with Crippen LogP contribution in [0.5, 0.6) is 0 Å². The van der Waals surface area contributed by atoms with Gasteiger partial charge in [-0.05, 0) is 48.2 Å². The van der Waals surface area contributed by atoms with Crippen LogP contribution in [-0.4, -0.2) is 30.1 Å². The van der Waals surface area contributed by atoms with Crippen LogP contribution >= 0.6 is 11.6 Å². The van der Waals surface area contributed by atoms with Crippen molar-refractivity contribution < 1.29 is 4.79 Å². The molecule has 2 aromatic rings. The molecule has 1 heterocycles. The summed E-state index contributed by atoms with van der Waals surface area (Å²) in [6.07, 6.45) is 2.24. The van der Waals surface area contributed by atoms with Crippen LogP contribution in [0.3, 0.4) is 0 Å². The first-order valence-corrected chi connectivity index (χ1v) is 9.50. The first-order chi connectivity index (χ1) is 13.1. The number of anilines is 1. The van der Waals surface area contributed by atoms with E-state index >= 15 is 0 Å². The number of urea groups is 1. The summed E-state index contributed by atoms with van der Waals surface area (Å²) >= 11 is 5.93. The van der Waals surface area contributed by atoms with E-state index in [-0.39, 0.29) is 12.1 Å². The monoisotopic (exact) mass is 382 g/mol. The number of nitrogens with one attached hydrogen (secondary N) is 2. The minimum absolute atomic E-state index is 0.181. The Labute approximate surface area is 164 Å². The molecule has 1 aliphatic rings. The lowest BCUT2D eigenvalue weighted by Gasteiger charge is -2.32. The summed E-state index contributed by atoms with van der Waals surface area (Å²) in [5.74, 6) is 0. The van der Waals surface area contributed by atoms with Gasteiger partial charge in [-0.1, -0.05) is 35.9 Å². The smallest absolute Gasteiger partial charge is 0.319 e. The summed E-state index contributed by atoms with van der Waals surface area (Å²) in [4.78, 5) is 14.6. The van der Waals surface area contributed by atoms with Crippen LogP contribution in [0, 0.1) is 11.3 Å². The number of nitriles is 1. The summed E-state index contributed by atoms with van der Waals surface area (Å²) in [5.41, 5.74) is 2.93. The summed E-state index contributed by atoms with van der Waals surface area (Å²) < 4.78 is 0. The number of hydrogen-bond donors (Lipinski definition) is 2. The molecule has 1 fully saturated rings. The Morgan fingerprint density at radius 2 is 1.70 bits per heavy atom. The van der Waals surface area contributed by atoms with Crippen LogP contribution in [0.4, 0.5) is 10.5 Å². The van der Waals surface area contributed by atoms with Crippen molar-refractivity contribution in [1.82, 2.24) is 10.2 Å². The first-order valence-electron chi connectivity index (χ1n) is 9.12. The Morgan fingerprint density at radius 3 is 2.33 bits per heavy atom. The molecule has 0 radical (unpaired) electrons. The second-order valence-electron chi connectivity index (χ2n) is 6.81. The van der Waals surface area contributed by atoms with Crippen molar-refractivity contribution >= 4 is 23.3 Å². The van der Waals surface area contributed by atoms with E-state index in [9.17, 15) is 4.79 Å². The van der Waals surface area contributed by atoms with Crippen molar-refractivity contribution in [3.8, 4) is 6.07 Å². The van der Waals surface area contributed by atoms with Crippen molar-refractivity contribution in [3.63, 3.8) is 0 Å². The van der Waals surface area contributed by atoms with Gasteiger partial charge in [-0.15, -0.1) is 0 Å². The SMILES string of the molecule is N#CCc1ccc(NC(=O)NC2CCN(Cc3ccc(Cl)cc3)CC2)cc1. The van der Waals surface area contributed by atoms with E-state index in [1.54, 1.807) is 0 Å². The minimum atomic E-state index is -0.181. The molecule has 0 aromatic heterocycles. The van der Waals surface area contributed by atoms with E-state index in [4.69, 9.17) is 16.9 Å². The van der Waals surface area contributed by atoms with E-state index in [1.807, 2.05) is 36.4 Å². The molecular formula is C21H23ClN4O. The number of carbonyl (C=O) groups is 1. The molecule has 0 saturated carbocycles. The second-order valence-corrected chi connectivity index (χ2v) is 7.24. The third kappa shape index (κ3) is 5.99. The van der Waals surface area contributed by atoms with Crippen LogP contribution < -0.4 is 10.6 Å². The third-order valence-electron chi connectivity index (χ3n) is 4.74. The molecule has 0 unspecified atom stereocenters. The molecule has 0 bridgehead atoms. The van der Waals surface area contributed by atoms with Crippen molar-refractivity contribution in [2.75, 3.05) is 18.4 Å². The fourth-order valence-corrected chi connectivity index (χ4v) is 3.36. The maximum absolute atomic E-state index is 12.2. The number of halogens is 1.